The van der Waals surface area contributed by atoms with Gasteiger partial charge in [0.1, 0.15) is 0 Å². The molecule has 4 atom stereocenters. The molecule has 1 aliphatic heterocycles. The number of carbonyl (C=O) groups is 1. The van der Waals surface area contributed by atoms with Gasteiger partial charge in [-0.1, -0.05) is 31.0 Å². The maximum Gasteiger partial charge on any atom is 0.339 e. The lowest BCUT2D eigenvalue weighted by molar-refractivity contribution is -0.915. The summed E-state index contributed by atoms with van der Waals surface area (Å²) < 4.78 is 5.76. The Morgan fingerprint density at radius 2 is 2.05 bits per heavy atom. The summed E-state index contributed by atoms with van der Waals surface area (Å²) in [6, 6.07) is 9.40. The number of likely N-dealkylation sites (tertiary alicyclic amines) is 1. The Labute approximate surface area is 120 Å². The van der Waals surface area contributed by atoms with Crippen molar-refractivity contribution in [1.29, 1.82) is 0 Å². The average molecular weight is 272 g/mol. The first-order valence-electron chi connectivity index (χ1n) is 7.07. The van der Waals surface area contributed by atoms with Crippen molar-refractivity contribution in [3.63, 3.8) is 0 Å². The van der Waals surface area contributed by atoms with Crippen molar-refractivity contribution < 1.29 is 14.4 Å². The van der Waals surface area contributed by atoms with Gasteiger partial charge >= 0.3 is 5.97 Å². The van der Waals surface area contributed by atoms with Crippen molar-refractivity contribution in [2.45, 2.75) is 31.9 Å². The van der Waals surface area contributed by atoms with E-state index in [2.05, 4.69) is 26.8 Å². The Bertz CT molecular complexity index is 520. The SMILES string of the molecule is C#C[C@@]1(OC(=O)c2ccccc2)C[C@H](C)[NH+](C)C[C@H]1C. The standard InChI is InChI=1S/C17H21NO2/c1-5-17(11-14(3)18(4)12-13(17)2)20-16(19)15-9-7-6-8-10-15/h1,6-10,13-14H,11-12H2,2-4H3/p+1/t13-,14+,17-/m1/s1. The van der Waals surface area contributed by atoms with Crippen LogP contribution in [-0.2, 0) is 4.74 Å². The van der Waals surface area contributed by atoms with Gasteiger partial charge in [-0.05, 0) is 19.1 Å². The number of hydrogen-bond donors (Lipinski definition) is 1. The van der Waals surface area contributed by atoms with E-state index in [1.165, 1.54) is 4.90 Å². The Balaban J connectivity index is 2.20. The minimum atomic E-state index is -0.786. The molecule has 1 aliphatic rings. The number of benzene rings is 1. The van der Waals surface area contributed by atoms with Gasteiger partial charge < -0.3 is 9.64 Å². The molecule has 0 bridgehead atoms. The molecular weight excluding hydrogens is 250 g/mol. The van der Waals surface area contributed by atoms with Crippen molar-refractivity contribution in [3.05, 3.63) is 35.9 Å². The second-order valence-electron chi connectivity index (χ2n) is 5.85. The molecule has 0 saturated carbocycles. The fourth-order valence-electron chi connectivity index (χ4n) is 2.85. The highest BCUT2D eigenvalue weighted by molar-refractivity contribution is 5.89. The molecule has 1 aromatic rings. The molecule has 20 heavy (non-hydrogen) atoms. The van der Waals surface area contributed by atoms with Gasteiger partial charge in [0.25, 0.3) is 0 Å². The first kappa shape index (κ1) is 14.6. The summed E-state index contributed by atoms with van der Waals surface area (Å²) in [7, 11) is 2.15. The van der Waals surface area contributed by atoms with E-state index in [1.54, 1.807) is 12.1 Å². The summed E-state index contributed by atoms with van der Waals surface area (Å²) >= 11 is 0. The van der Waals surface area contributed by atoms with Gasteiger partial charge in [0.15, 0.2) is 5.60 Å². The van der Waals surface area contributed by atoms with Gasteiger partial charge in [-0.2, -0.15) is 0 Å². The number of terminal acetylenes is 1. The van der Waals surface area contributed by atoms with Gasteiger partial charge in [-0.3, -0.25) is 0 Å². The first-order valence-corrected chi connectivity index (χ1v) is 7.07. The predicted octanol–water partition coefficient (Wildman–Crippen LogP) is 1.16. The van der Waals surface area contributed by atoms with E-state index in [1.807, 2.05) is 18.2 Å². The van der Waals surface area contributed by atoms with Crippen molar-refractivity contribution in [2.75, 3.05) is 13.6 Å². The van der Waals surface area contributed by atoms with Gasteiger partial charge in [-0.15, -0.1) is 6.42 Å². The van der Waals surface area contributed by atoms with Crippen LogP contribution in [0.15, 0.2) is 30.3 Å². The molecule has 0 radical (unpaired) electrons. The van der Waals surface area contributed by atoms with E-state index in [-0.39, 0.29) is 11.9 Å². The normalized spacial score (nSPS) is 33.2. The molecular formula is C17H22NO2+. The van der Waals surface area contributed by atoms with Crippen molar-refractivity contribution in [3.8, 4) is 12.3 Å². The molecule has 1 heterocycles. The molecule has 106 valence electrons. The summed E-state index contributed by atoms with van der Waals surface area (Å²) in [6.07, 6.45) is 6.43. The van der Waals surface area contributed by atoms with E-state index in [9.17, 15) is 4.79 Å². The van der Waals surface area contributed by atoms with Crippen LogP contribution >= 0.6 is 0 Å². The maximum absolute atomic E-state index is 12.3. The molecule has 3 heteroatoms. The lowest BCUT2D eigenvalue weighted by Gasteiger charge is -2.42. The van der Waals surface area contributed by atoms with Gasteiger partial charge in [0.05, 0.1) is 37.5 Å². The number of piperidine rings is 1. The average Bonchev–Trinajstić information content (AvgIpc) is 2.45. The molecule has 0 spiro atoms. The third-order valence-electron chi connectivity index (χ3n) is 4.40. The summed E-state index contributed by atoms with van der Waals surface area (Å²) in [5.41, 5.74) is -0.237. The minimum Gasteiger partial charge on any atom is -0.441 e. The van der Waals surface area contributed by atoms with Gasteiger partial charge in [-0.25, -0.2) is 4.79 Å². The summed E-state index contributed by atoms with van der Waals surface area (Å²) in [5, 5.41) is 0. The lowest BCUT2D eigenvalue weighted by Crippen LogP contribution is -3.15. The second-order valence-corrected chi connectivity index (χ2v) is 5.85. The van der Waals surface area contributed by atoms with Crippen LogP contribution in [0.3, 0.4) is 0 Å². The fourth-order valence-corrected chi connectivity index (χ4v) is 2.85. The molecule has 1 unspecified atom stereocenters. The number of nitrogens with one attached hydrogen (secondary N) is 1. The summed E-state index contributed by atoms with van der Waals surface area (Å²) in [4.78, 5) is 13.7. The van der Waals surface area contributed by atoms with E-state index in [0.717, 1.165) is 6.54 Å². The lowest BCUT2D eigenvalue weighted by atomic mass is 9.79. The second kappa shape index (κ2) is 5.68. The van der Waals surface area contributed by atoms with E-state index >= 15 is 0 Å². The van der Waals surface area contributed by atoms with E-state index in [4.69, 9.17) is 11.2 Å². The molecule has 3 nitrogen and oxygen atoms in total. The quantitative estimate of drug-likeness (QED) is 0.647. The maximum atomic E-state index is 12.3. The smallest absolute Gasteiger partial charge is 0.339 e. The highest BCUT2D eigenvalue weighted by Crippen LogP contribution is 2.29. The number of ether oxygens (including phenoxy) is 1. The first-order chi connectivity index (χ1) is 9.48. The number of rotatable bonds is 2. The summed E-state index contributed by atoms with van der Waals surface area (Å²) in [5.74, 6) is 2.58. The number of carbonyl (C=O) groups excluding carboxylic acids is 1. The van der Waals surface area contributed by atoms with Crippen LogP contribution in [-0.4, -0.2) is 31.2 Å². The van der Waals surface area contributed by atoms with Crippen LogP contribution in [0.1, 0.15) is 30.6 Å². The molecule has 1 aromatic carbocycles. The molecule has 2 rings (SSSR count). The third kappa shape index (κ3) is 2.71. The predicted molar refractivity (Wildman–Crippen MR) is 78.4 cm³/mol. The Kier molecular flexibility index (Phi) is 4.15. The molecule has 1 saturated heterocycles. The number of hydrogen-bond acceptors (Lipinski definition) is 2. The number of quaternary nitrogens is 1. The van der Waals surface area contributed by atoms with Crippen LogP contribution in [0.4, 0.5) is 0 Å². The van der Waals surface area contributed by atoms with Crippen LogP contribution in [0.5, 0.6) is 0 Å². The molecule has 0 aromatic heterocycles. The molecule has 0 amide bonds. The van der Waals surface area contributed by atoms with Crippen LogP contribution in [0.25, 0.3) is 0 Å². The highest BCUT2D eigenvalue weighted by Gasteiger charge is 2.47. The summed E-state index contributed by atoms with van der Waals surface area (Å²) in [6.45, 7) is 5.12. The van der Waals surface area contributed by atoms with Crippen molar-refractivity contribution in [1.82, 2.24) is 0 Å². The van der Waals surface area contributed by atoms with Gasteiger partial charge in [0.2, 0.25) is 0 Å². The van der Waals surface area contributed by atoms with E-state index in [0.29, 0.717) is 18.0 Å². The van der Waals surface area contributed by atoms with Crippen LogP contribution in [0.2, 0.25) is 0 Å². The fraction of sp³-hybridized carbons (Fsp3) is 0.471. The van der Waals surface area contributed by atoms with Crippen LogP contribution < -0.4 is 4.90 Å². The zero-order chi connectivity index (χ0) is 14.8. The van der Waals surface area contributed by atoms with Crippen molar-refractivity contribution >= 4 is 5.97 Å². The highest BCUT2D eigenvalue weighted by atomic mass is 16.6. The Morgan fingerprint density at radius 3 is 2.65 bits per heavy atom. The monoisotopic (exact) mass is 272 g/mol. The van der Waals surface area contributed by atoms with E-state index < -0.39 is 5.60 Å². The largest absolute Gasteiger partial charge is 0.441 e. The molecule has 1 N–H and O–H groups in total. The Morgan fingerprint density at radius 1 is 1.40 bits per heavy atom. The molecule has 0 aliphatic carbocycles. The Hall–Kier alpha value is -1.79. The van der Waals surface area contributed by atoms with Crippen LogP contribution in [0, 0.1) is 18.3 Å². The molecule has 1 fully saturated rings. The zero-order valence-corrected chi connectivity index (χ0v) is 12.3. The topological polar surface area (TPSA) is 30.7 Å². The number of esters is 1. The minimum absolute atomic E-state index is 0.149. The zero-order valence-electron chi connectivity index (χ0n) is 12.3. The third-order valence-corrected chi connectivity index (χ3v) is 4.40. The van der Waals surface area contributed by atoms with Gasteiger partial charge in [0, 0.05) is 0 Å². The van der Waals surface area contributed by atoms with Crippen molar-refractivity contribution in [2.24, 2.45) is 5.92 Å².